The number of nitrogens with zero attached hydrogens (tertiary/aromatic N) is 3. The van der Waals surface area contributed by atoms with Crippen LogP contribution in [0.2, 0.25) is 0 Å². The average molecular weight is 353 g/mol. The molecule has 1 aromatic carbocycles. The normalized spacial score (nSPS) is 19.2. The number of nitrogens with two attached hydrogens (primary N) is 1. The highest BCUT2D eigenvalue weighted by atomic mass is 15.3. The number of aromatic nitrogens is 2. The molecule has 2 saturated carbocycles. The van der Waals surface area contributed by atoms with Crippen molar-refractivity contribution in [3.05, 3.63) is 41.6 Å². The monoisotopic (exact) mass is 352 g/mol. The molecule has 0 radical (unpaired) electrons. The van der Waals surface area contributed by atoms with Gasteiger partial charge in [0, 0.05) is 6.07 Å². The van der Waals surface area contributed by atoms with E-state index in [2.05, 4.69) is 46.8 Å². The van der Waals surface area contributed by atoms with Gasteiger partial charge in [0.15, 0.2) is 5.82 Å². The van der Waals surface area contributed by atoms with Gasteiger partial charge in [-0.3, -0.25) is 0 Å². The summed E-state index contributed by atoms with van der Waals surface area (Å²) in [6.07, 6.45) is 11.2. The van der Waals surface area contributed by atoms with Crippen molar-refractivity contribution in [1.82, 2.24) is 9.78 Å². The summed E-state index contributed by atoms with van der Waals surface area (Å²) < 4.78 is 1.97. The molecule has 140 valence electrons. The van der Waals surface area contributed by atoms with Gasteiger partial charge in [0.2, 0.25) is 0 Å². The quantitative estimate of drug-likeness (QED) is 0.761. The summed E-state index contributed by atoms with van der Waals surface area (Å²) >= 11 is 0. The predicted molar refractivity (Wildman–Crippen MR) is 110 cm³/mol. The zero-order chi connectivity index (χ0) is 18.6. The summed E-state index contributed by atoms with van der Waals surface area (Å²) in [5.74, 6) is 1.48. The molecule has 2 aliphatic rings. The zero-order valence-electron chi connectivity index (χ0n) is 16.2. The molecule has 0 unspecified atom stereocenters. The van der Waals surface area contributed by atoms with E-state index in [9.17, 15) is 0 Å². The number of aliphatic imine (C=N–C) groups is 1. The highest BCUT2D eigenvalue weighted by molar-refractivity contribution is 5.51. The molecular formula is C22H32N4. The van der Waals surface area contributed by atoms with E-state index < -0.39 is 0 Å². The Morgan fingerprint density at radius 3 is 2.42 bits per heavy atom. The van der Waals surface area contributed by atoms with Crippen molar-refractivity contribution in [2.45, 2.75) is 64.2 Å². The van der Waals surface area contributed by atoms with Gasteiger partial charge in [-0.15, -0.1) is 0 Å². The third kappa shape index (κ3) is 3.61. The molecule has 26 heavy (non-hydrogen) atoms. The number of aryl methyl sites for hydroxylation is 1. The number of para-hydroxylation sites is 1. The zero-order valence-corrected chi connectivity index (χ0v) is 16.2. The molecule has 2 aliphatic carbocycles. The molecule has 1 heterocycles. The van der Waals surface area contributed by atoms with E-state index in [0.29, 0.717) is 11.3 Å². The number of hydrogen-bond donors (Lipinski definition) is 1. The summed E-state index contributed by atoms with van der Waals surface area (Å²) in [6.45, 7) is 5.72. The largest absolute Gasteiger partial charge is 0.333 e. The Morgan fingerprint density at radius 1 is 1.12 bits per heavy atom. The van der Waals surface area contributed by atoms with Gasteiger partial charge in [-0.05, 0) is 82.2 Å². The molecule has 1 spiro atoms. The molecule has 2 fully saturated rings. The van der Waals surface area contributed by atoms with Crippen LogP contribution < -0.4 is 5.73 Å². The fourth-order valence-corrected chi connectivity index (χ4v) is 4.97. The van der Waals surface area contributed by atoms with Crippen LogP contribution in [0.4, 0.5) is 5.82 Å². The molecule has 2 aromatic rings. The Morgan fingerprint density at radius 2 is 1.77 bits per heavy atom. The summed E-state index contributed by atoms with van der Waals surface area (Å²) in [6, 6.07) is 10.7. The predicted octanol–water partition coefficient (Wildman–Crippen LogP) is 5.31. The molecular weight excluding hydrogens is 320 g/mol. The maximum absolute atomic E-state index is 4.66. The van der Waals surface area contributed by atoms with Gasteiger partial charge in [0.1, 0.15) is 0 Å². The molecule has 0 amide bonds. The van der Waals surface area contributed by atoms with Crippen LogP contribution in [-0.2, 0) is 0 Å². The first-order valence-corrected chi connectivity index (χ1v) is 9.91. The molecule has 0 atom stereocenters. The number of benzene rings is 1. The van der Waals surface area contributed by atoms with E-state index in [-0.39, 0.29) is 0 Å². The molecule has 1 aromatic heterocycles. The molecule has 0 bridgehead atoms. The first kappa shape index (κ1) is 18.8. The van der Waals surface area contributed by atoms with Gasteiger partial charge >= 0.3 is 0 Å². The Bertz CT molecular complexity index is 730. The minimum atomic E-state index is 0.648. The summed E-state index contributed by atoms with van der Waals surface area (Å²) in [5.41, 5.74) is 8.78. The van der Waals surface area contributed by atoms with Gasteiger partial charge in [-0.2, -0.15) is 5.10 Å². The topological polar surface area (TPSA) is 56.2 Å². The lowest BCUT2D eigenvalue weighted by atomic mass is 9.68. The summed E-state index contributed by atoms with van der Waals surface area (Å²) in [5, 5.41) is 4.66. The van der Waals surface area contributed by atoms with Crippen molar-refractivity contribution >= 4 is 12.5 Å². The maximum atomic E-state index is 4.66. The van der Waals surface area contributed by atoms with E-state index in [4.69, 9.17) is 0 Å². The average Bonchev–Trinajstić information content (AvgIpc) is 3.30. The first-order valence-electron chi connectivity index (χ1n) is 9.91. The highest BCUT2D eigenvalue weighted by Gasteiger charge is 2.38. The third-order valence-corrected chi connectivity index (χ3v) is 6.29. The fraction of sp³-hybridized carbons (Fsp3) is 0.545. The van der Waals surface area contributed by atoms with Crippen LogP contribution in [0.25, 0.3) is 5.69 Å². The smallest absolute Gasteiger partial charge is 0.155 e. The standard InChI is InChI=1S/C21H27N3.CH5N/c1-16-15-20(22-2)24(23-16)19-8-4-3-7-18(19)17-9-13-21(14-10-17)11-5-6-12-21;1-2/h3-4,7-8,15,17H,2,5-6,9-14H2,1H3;2H2,1H3. The lowest BCUT2D eigenvalue weighted by Gasteiger charge is -2.38. The summed E-state index contributed by atoms with van der Waals surface area (Å²) in [7, 11) is 1.50. The van der Waals surface area contributed by atoms with Crippen molar-refractivity contribution < 1.29 is 0 Å². The van der Waals surface area contributed by atoms with Gasteiger partial charge in [0.05, 0.1) is 11.4 Å². The van der Waals surface area contributed by atoms with Crippen LogP contribution in [0.15, 0.2) is 35.3 Å². The van der Waals surface area contributed by atoms with Crippen LogP contribution in [0.5, 0.6) is 0 Å². The van der Waals surface area contributed by atoms with E-state index in [1.807, 2.05) is 17.7 Å². The van der Waals surface area contributed by atoms with Crippen molar-refractivity contribution in [2.75, 3.05) is 7.05 Å². The van der Waals surface area contributed by atoms with Crippen LogP contribution in [0, 0.1) is 12.3 Å². The number of hydrogen-bond acceptors (Lipinski definition) is 3. The third-order valence-electron chi connectivity index (χ3n) is 6.29. The highest BCUT2D eigenvalue weighted by Crippen LogP contribution is 2.52. The second-order valence-corrected chi connectivity index (χ2v) is 7.75. The minimum absolute atomic E-state index is 0.648. The minimum Gasteiger partial charge on any atom is -0.333 e. The van der Waals surface area contributed by atoms with Crippen LogP contribution in [0.3, 0.4) is 0 Å². The lowest BCUT2D eigenvalue weighted by Crippen LogP contribution is -2.24. The molecule has 4 nitrogen and oxygen atoms in total. The van der Waals surface area contributed by atoms with Crippen LogP contribution in [0.1, 0.15) is 68.5 Å². The molecule has 0 saturated heterocycles. The van der Waals surface area contributed by atoms with E-state index in [0.717, 1.165) is 11.5 Å². The second-order valence-electron chi connectivity index (χ2n) is 7.75. The molecule has 4 heteroatoms. The molecule has 0 aliphatic heterocycles. The van der Waals surface area contributed by atoms with Crippen molar-refractivity contribution in [3.8, 4) is 5.69 Å². The maximum Gasteiger partial charge on any atom is 0.155 e. The van der Waals surface area contributed by atoms with E-state index in [1.54, 1.807) is 0 Å². The first-order chi connectivity index (χ1) is 12.7. The Labute approximate surface area is 157 Å². The molecule has 4 rings (SSSR count). The van der Waals surface area contributed by atoms with E-state index >= 15 is 0 Å². The van der Waals surface area contributed by atoms with Crippen molar-refractivity contribution in [1.29, 1.82) is 0 Å². The molecule has 2 N–H and O–H groups in total. The van der Waals surface area contributed by atoms with Gasteiger partial charge < -0.3 is 5.73 Å². The number of rotatable bonds is 3. The Balaban J connectivity index is 0.000000948. The van der Waals surface area contributed by atoms with Crippen molar-refractivity contribution in [3.63, 3.8) is 0 Å². The van der Waals surface area contributed by atoms with Crippen LogP contribution >= 0.6 is 0 Å². The Hall–Kier alpha value is -1.94. The van der Waals surface area contributed by atoms with E-state index in [1.165, 1.54) is 69.7 Å². The van der Waals surface area contributed by atoms with Crippen LogP contribution in [-0.4, -0.2) is 23.5 Å². The van der Waals surface area contributed by atoms with Crippen molar-refractivity contribution in [2.24, 2.45) is 16.1 Å². The van der Waals surface area contributed by atoms with Gasteiger partial charge in [-0.25, -0.2) is 9.67 Å². The van der Waals surface area contributed by atoms with Gasteiger partial charge in [-0.1, -0.05) is 31.0 Å². The Kier molecular flexibility index (Phi) is 5.92. The SMILES string of the molecule is C=Nc1cc(C)nn1-c1ccccc1C1CCC2(CCCC2)CC1.CN. The summed E-state index contributed by atoms with van der Waals surface area (Å²) in [4.78, 5) is 4.16. The lowest BCUT2D eigenvalue weighted by molar-refractivity contribution is 0.181. The second kappa shape index (κ2) is 8.17. The van der Waals surface area contributed by atoms with Gasteiger partial charge in [0.25, 0.3) is 0 Å². The fourth-order valence-electron chi connectivity index (χ4n) is 4.97.